The summed E-state index contributed by atoms with van der Waals surface area (Å²) >= 11 is 3.81. The van der Waals surface area contributed by atoms with Gasteiger partial charge in [-0.15, -0.1) is 0 Å². The van der Waals surface area contributed by atoms with E-state index in [1.54, 1.807) is 0 Å². The molecule has 0 aliphatic carbocycles. The molecule has 0 amide bonds. The number of aromatic nitrogens is 1. The second-order valence-electron chi connectivity index (χ2n) is 8.49. The summed E-state index contributed by atoms with van der Waals surface area (Å²) in [6, 6.07) is 2.04. The van der Waals surface area contributed by atoms with E-state index in [4.69, 9.17) is 0 Å². The lowest BCUT2D eigenvalue weighted by molar-refractivity contribution is 0.992. The summed E-state index contributed by atoms with van der Waals surface area (Å²) in [6.45, 7) is 18.1. The zero-order valence-electron chi connectivity index (χ0n) is 18.7. The summed E-state index contributed by atoms with van der Waals surface area (Å²) in [4.78, 5) is 6.95. The Morgan fingerprint density at radius 2 is 1.14 bits per heavy atom. The Bertz CT molecular complexity index is 1110. The van der Waals surface area contributed by atoms with Gasteiger partial charge in [0.15, 0.2) is 0 Å². The molecule has 4 rings (SSSR count). The van der Waals surface area contributed by atoms with Crippen LogP contribution in [-0.4, -0.2) is 4.98 Å². The van der Waals surface area contributed by atoms with Gasteiger partial charge in [-0.2, -0.15) is 0 Å². The number of fused-ring (bicyclic) bond motifs is 2. The molecule has 0 radical (unpaired) electrons. The molecule has 0 spiro atoms. The maximum absolute atomic E-state index is 4.48. The minimum absolute atomic E-state index is 0.987. The van der Waals surface area contributed by atoms with E-state index in [9.17, 15) is 0 Å². The molecule has 2 aromatic carbocycles. The van der Waals surface area contributed by atoms with E-state index in [2.05, 4.69) is 81.2 Å². The molecule has 2 nitrogen and oxygen atoms in total. The molecule has 1 aliphatic rings. The first kappa shape index (κ1) is 20.2. The van der Waals surface area contributed by atoms with Gasteiger partial charge in [0, 0.05) is 17.1 Å². The summed E-state index contributed by atoms with van der Waals surface area (Å²) in [5.41, 5.74) is 17.8. The highest BCUT2D eigenvalue weighted by molar-refractivity contribution is 9.10. The van der Waals surface area contributed by atoms with Gasteiger partial charge in [-0.3, -0.25) is 4.98 Å². The van der Waals surface area contributed by atoms with Crippen LogP contribution in [0.15, 0.2) is 22.9 Å². The van der Waals surface area contributed by atoms with Gasteiger partial charge in [0.25, 0.3) is 0 Å². The van der Waals surface area contributed by atoms with Crippen molar-refractivity contribution in [1.29, 1.82) is 0 Å². The third-order valence-corrected chi connectivity index (χ3v) is 8.02. The van der Waals surface area contributed by atoms with Gasteiger partial charge >= 0.3 is 0 Å². The van der Waals surface area contributed by atoms with Crippen LogP contribution in [-0.2, 0) is 6.42 Å². The van der Waals surface area contributed by atoms with Crippen molar-refractivity contribution in [2.45, 2.75) is 61.8 Å². The third-order valence-electron chi connectivity index (χ3n) is 7.35. The van der Waals surface area contributed by atoms with Crippen LogP contribution in [0.1, 0.15) is 55.6 Å². The third kappa shape index (κ3) is 2.78. The molecule has 1 aromatic heterocycles. The van der Waals surface area contributed by atoms with Gasteiger partial charge in [-0.05, 0) is 133 Å². The second kappa shape index (κ2) is 6.98. The summed E-state index contributed by atoms with van der Waals surface area (Å²) in [5, 5.41) is 0. The van der Waals surface area contributed by atoms with Gasteiger partial charge in [-0.1, -0.05) is 0 Å². The summed E-state index contributed by atoms with van der Waals surface area (Å²) < 4.78 is 1.07. The van der Waals surface area contributed by atoms with E-state index in [1.165, 1.54) is 67.0 Å². The van der Waals surface area contributed by atoms with Crippen LogP contribution in [0.4, 0.5) is 17.1 Å². The van der Waals surface area contributed by atoms with Crippen molar-refractivity contribution in [3.05, 3.63) is 78.6 Å². The fourth-order valence-corrected chi connectivity index (χ4v) is 5.24. The van der Waals surface area contributed by atoms with Gasteiger partial charge in [-0.25, -0.2) is 0 Å². The lowest BCUT2D eigenvalue weighted by Crippen LogP contribution is -2.24. The average molecular weight is 449 g/mol. The molecule has 1 aliphatic heterocycles. The van der Waals surface area contributed by atoms with Crippen LogP contribution in [0.25, 0.3) is 0 Å². The Kier molecular flexibility index (Phi) is 4.85. The predicted molar refractivity (Wildman–Crippen MR) is 127 cm³/mol. The lowest BCUT2D eigenvalue weighted by atomic mass is 9.81. The molecule has 0 saturated carbocycles. The van der Waals surface area contributed by atoms with Crippen LogP contribution >= 0.6 is 15.9 Å². The highest BCUT2D eigenvalue weighted by Gasteiger charge is 2.33. The fourth-order valence-electron chi connectivity index (χ4n) is 4.84. The Balaban J connectivity index is 2.20. The SMILES string of the molecule is Cc1c(C)c(C)c2c(c1C)Cc1c(C)c(C)c(C)c(C)c1N2c1cnccc1Br. The van der Waals surface area contributed by atoms with Crippen molar-refractivity contribution in [2.75, 3.05) is 4.90 Å². The maximum Gasteiger partial charge on any atom is 0.0788 e. The van der Waals surface area contributed by atoms with Crippen molar-refractivity contribution < 1.29 is 0 Å². The van der Waals surface area contributed by atoms with E-state index in [-0.39, 0.29) is 0 Å². The van der Waals surface area contributed by atoms with Crippen LogP contribution in [0, 0.1) is 55.4 Å². The standard InChI is InChI=1S/C26H29BrN2/c1-13-15(3)19(7)25-21(17(13)5)11-22-18(6)14(2)16(4)20(8)26(22)29(25)24-12-28-10-9-23(24)27/h9-10,12H,11H2,1-8H3. The molecule has 150 valence electrons. The average Bonchev–Trinajstić information content (AvgIpc) is 2.72. The Morgan fingerprint density at radius 1 is 0.690 bits per heavy atom. The number of halogens is 1. The Hall–Kier alpha value is -2.13. The van der Waals surface area contributed by atoms with Crippen LogP contribution in [0.3, 0.4) is 0 Å². The minimum Gasteiger partial charge on any atom is -0.307 e. The number of pyridine rings is 1. The Morgan fingerprint density at radius 3 is 1.59 bits per heavy atom. The molecule has 0 bridgehead atoms. The number of nitrogens with zero attached hydrogens (tertiary/aromatic N) is 2. The minimum atomic E-state index is 0.987. The van der Waals surface area contributed by atoms with Crippen LogP contribution in [0.2, 0.25) is 0 Å². The predicted octanol–water partition coefficient (Wildman–Crippen LogP) is 7.69. The van der Waals surface area contributed by atoms with Crippen LogP contribution < -0.4 is 4.90 Å². The molecule has 3 heteroatoms. The smallest absolute Gasteiger partial charge is 0.0788 e. The van der Waals surface area contributed by atoms with E-state index in [0.717, 1.165) is 16.6 Å². The first-order valence-corrected chi connectivity index (χ1v) is 11.0. The topological polar surface area (TPSA) is 16.1 Å². The maximum atomic E-state index is 4.48. The van der Waals surface area contributed by atoms with E-state index in [1.807, 2.05) is 18.5 Å². The largest absolute Gasteiger partial charge is 0.307 e. The molecule has 2 heterocycles. The Labute approximate surface area is 183 Å². The van der Waals surface area contributed by atoms with Crippen molar-refractivity contribution in [2.24, 2.45) is 0 Å². The fraction of sp³-hybridized carbons (Fsp3) is 0.346. The van der Waals surface area contributed by atoms with E-state index >= 15 is 0 Å². The summed E-state index contributed by atoms with van der Waals surface area (Å²) in [7, 11) is 0. The molecular weight excluding hydrogens is 420 g/mol. The first-order valence-electron chi connectivity index (χ1n) is 10.2. The molecule has 0 atom stereocenters. The zero-order valence-corrected chi connectivity index (χ0v) is 20.3. The van der Waals surface area contributed by atoms with Crippen molar-refractivity contribution in [3.8, 4) is 0 Å². The number of rotatable bonds is 1. The summed E-state index contributed by atoms with van der Waals surface area (Å²) in [6.07, 6.45) is 4.81. The van der Waals surface area contributed by atoms with Crippen molar-refractivity contribution in [3.63, 3.8) is 0 Å². The number of anilines is 3. The number of benzene rings is 2. The normalized spacial score (nSPS) is 12.8. The zero-order chi connectivity index (χ0) is 21.2. The highest BCUT2D eigenvalue weighted by atomic mass is 79.9. The second-order valence-corrected chi connectivity index (χ2v) is 9.35. The highest BCUT2D eigenvalue weighted by Crippen LogP contribution is 2.52. The molecule has 0 saturated heterocycles. The van der Waals surface area contributed by atoms with Gasteiger partial charge in [0.05, 0.1) is 23.3 Å². The van der Waals surface area contributed by atoms with Crippen LogP contribution in [0.5, 0.6) is 0 Å². The van der Waals surface area contributed by atoms with Gasteiger partial charge in [0.2, 0.25) is 0 Å². The molecular formula is C26H29BrN2. The molecule has 3 aromatic rings. The van der Waals surface area contributed by atoms with Crippen molar-refractivity contribution in [1.82, 2.24) is 4.98 Å². The monoisotopic (exact) mass is 448 g/mol. The van der Waals surface area contributed by atoms with Gasteiger partial charge in [0.1, 0.15) is 0 Å². The molecule has 0 N–H and O–H groups in total. The van der Waals surface area contributed by atoms with E-state index in [0.29, 0.717) is 0 Å². The first-order chi connectivity index (χ1) is 13.7. The number of hydrogen-bond acceptors (Lipinski definition) is 2. The summed E-state index contributed by atoms with van der Waals surface area (Å²) in [5.74, 6) is 0. The molecule has 0 unspecified atom stereocenters. The molecule has 0 fully saturated rings. The lowest BCUT2D eigenvalue weighted by Gasteiger charge is -2.39. The number of hydrogen-bond donors (Lipinski definition) is 0. The molecule has 29 heavy (non-hydrogen) atoms. The van der Waals surface area contributed by atoms with Gasteiger partial charge < -0.3 is 4.90 Å². The van der Waals surface area contributed by atoms with Crippen molar-refractivity contribution >= 4 is 33.0 Å². The quantitative estimate of drug-likeness (QED) is 0.296. The van der Waals surface area contributed by atoms with E-state index < -0.39 is 0 Å².